The summed E-state index contributed by atoms with van der Waals surface area (Å²) in [6.07, 6.45) is 3.97. The summed E-state index contributed by atoms with van der Waals surface area (Å²) < 4.78 is 0.869. The first-order valence-electron chi connectivity index (χ1n) is 6.68. The monoisotopic (exact) mass is 303 g/mol. The quantitative estimate of drug-likeness (QED) is 0.791. The highest BCUT2D eigenvalue weighted by Crippen LogP contribution is 2.30. The molecule has 0 bridgehead atoms. The average molecular weight is 303 g/mol. The molecule has 6 heteroatoms. The van der Waals surface area contributed by atoms with Crippen LogP contribution in [0.25, 0.3) is 10.1 Å². The molecule has 0 fully saturated rings. The van der Waals surface area contributed by atoms with E-state index < -0.39 is 11.9 Å². The van der Waals surface area contributed by atoms with Crippen LogP contribution in [0, 0.1) is 0 Å². The molecule has 1 aliphatic carbocycles. The van der Waals surface area contributed by atoms with E-state index in [4.69, 9.17) is 5.11 Å². The maximum absolute atomic E-state index is 12.6. The lowest BCUT2D eigenvalue weighted by molar-refractivity contribution is -0.147. The Kier molecular flexibility index (Phi) is 3.47. The van der Waals surface area contributed by atoms with Gasteiger partial charge in [0.2, 0.25) is 5.43 Å². The molecular formula is C15H13NO4S. The zero-order valence-electron chi connectivity index (χ0n) is 11.1. The molecule has 5 nitrogen and oxygen atoms in total. The van der Waals surface area contributed by atoms with E-state index in [0.29, 0.717) is 5.39 Å². The summed E-state index contributed by atoms with van der Waals surface area (Å²) in [7, 11) is 0. The van der Waals surface area contributed by atoms with Gasteiger partial charge in [-0.3, -0.25) is 9.59 Å². The summed E-state index contributed by atoms with van der Waals surface area (Å²) in [5, 5.41) is 12.9. The van der Waals surface area contributed by atoms with Gasteiger partial charge in [0.15, 0.2) is 0 Å². The van der Waals surface area contributed by atoms with Gasteiger partial charge < -0.3 is 10.4 Å². The number of anilines is 1. The van der Waals surface area contributed by atoms with Crippen LogP contribution in [0.3, 0.4) is 0 Å². The Bertz CT molecular complexity index is 809. The number of fused-ring (bicyclic) bond motifs is 3. The number of hydrogen-bond donors (Lipinski definition) is 2. The Morgan fingerprint density at radius 1 is 1.19 bits per heavy atom. The summed E-state index contributed by atoms with van der Waals surface area (Å²) >= 11 is 1.34. The summed E-state index contributed by atoms with van der Waals surface area (Å²) in [4.78, 5) is 34.4. The molecule has 1 heterocycles. The number of aliphatic carboxylic acids is 1. The van der Waals surface area contributed by atoms with Crippen molar-refractivity contribution < 1.29 is 14.7 Å². The topological polar surface area (TPSA) is 83.5 Å². The van der Waals surface area contributed by atoms with E-state index in [1.807, 2.05) is 6.07 Å². The smallest absolute Gasteiger partial charge is 0.394 e. The van der Waals surface area contributed by atoms with Crippen LogP contribution in [0.5, 0.6) is 0 Å². The van der Waals surface area contributed by atoms with Crippen molar-refractivity contribution in [2.24, 2.45) is 0 Å². The van der Waals surface area contributed by atoms with Gasteiger partial charge in [-0.25, -0.2) is 4.79 Å². The predicted molar refractivity (Wildman–Crippen MR) is 81.0 cm³/mol. The number of rotatable bonds is 1. The second-order valence-corrected chi connectivity index (χ2v) is 5.93. The van der Waals surface area contributed by atoms with Crippen molar-refractivity contribution in [1.29, 1.82) is 0 Å². The van der Waals surface area contributed by atoms with Crippen molar-refractivity contribution in [2.45, 2.75) is 25.7 Å². The number of amides is 1. The van der Waals surface area contributed by atoms with Gasteiger partial charge in [-0.05, 0) is 42.9 Å². The summed E-state index contributed by atoms with van der Waals surface area (Å²) in [6, 6.07) is 3.98. The minimum Gasteiger partial charge on any atom is -0.474 e. The number of carboxylic acids is 1. The molecule has 0 atom stereocenters. The number of nitrogens with one attached hydrogen (secondary N) is 1. The van der Waals surface area contributed by atoms with Crippen LogP contribution in [-0.4, -0.2) is 17.0 Å². The second-order valence-electron chi connectivity index (χ2n) is 5.02. The number of hydrogen-bond acceptors (Lipinski definition) is 4. The Morgan fingerprint density at radius 3 is 2.71 bits per heavy atom. The Hall–Kier alpha value is -2.21. The van der Waals surface area contributed by atoms with Gasteiger partial charge in [-0.2, -0.15) is 0 Å². The standard InChI is InChI=1S/C15H13NO4S/c17-13-10(16-14(18)15(19)20)7-21-11-6-5-8-3-1-2-4-9(8)12(11)13/h5-7H,1-4H2,(H,16,18)(H,19,20). The third-order valence-corrected chi connectivity index (χ3v) is 4.66. The number of benzene rings is 1. The Balaban J connectivity index is 2.17. The van der Waals surface area contributed by atoms with Crippen LogP contribution in [0.15, 0.2) is 22.3 Å². The SMILES string of the molecule is O=C(O)C(=O)Nc1csc2ccc3c(c2c1=O)CCCC3. The van der Waals surface area contributed by atoms with Crippen molar-refractivity contribution in [2.75, 3.05) is 5.32 Å². The van der Waals surface area contributed by atoms with Gasteiger partial charge in [0.1, 0.15) is 0 Å². The van der Waals surface area contributed by atoms with E-state index in [9.17, 15) is 14.4 Å². The van der Waals surface area contributed by atoms with E-state index in [-0.39, 0.29) is 11.1 Å². The van der Waals surface area contributed by atoms with Crippen LogP contribution in [0.4, 0.5) is 5.69 Å². The van der Waals surface area contributed by atoms with Gasteiger partial charge in [0.25, 0.3) is 0 Å². The molecule has 21 heavy (non-hydrogen) atoms. The summed E-state index contributed by atoms with van der Waals surface area (Å²) in [5.41, 5.74) is 1.97. The minimum absolute atomic E-state index is 0.0406. The maximum Gasteiger partial charge on any atom is 0.394 e. The number of carboxylic acid groups (broad SMARTS) is 1. The first kappa shape index (κ1) is 13.8. The van der Waals surface area contributed by atoms with Gasteiger partial charge in [0.05, 0.1) is 5.69 Å². The van der Waals surface area contributed by atoms with Crippen LogP contribution in [0.2, 0.25) is 0 Å². The van der Waals surface area contributed by atoms with Gasteiger partial charge in [-0.1, -0.05) is 6.07 Å². The normalized spacial score (nSPS) is 13.7. The lowest BCUT2D eigenvalue weighted by atomic mass is 9.89. The summed E-state index contributed by atoms with van der Waals surface area (Å²) in [6.45, 7) is 0. The zero-order valence-corrected chi connectivity index (χ0v) is 12.0. The lowest BCUT2D eigenvalue weighted by Crippen LogP contribution is -2.25. The lowest BCUT2D eigenvalue weighted by Gasteiger charge is -2.17. The fraction of sp³-hybridized carbons (Fsp3) is 0.267. The molecule has 1 aromatic carbocycles. The van der Waals surface area contributed by atoms with E-state index in [2.05, 4.69) is 11.4 Å². The molecule has 0 aliphatic heterocycles. The van der Waals surface area contributed by atoms with Gasteiger partial charge in [-0.15, -0.1) is 11.3 Å². The third kappa shape index (κ3) is 2.42. The number of aryl methyl sites for hydroxylation is 2. The van der Waals surface area contributed by atoms with Gasteiger partial charge >= 0.3 is 11.9 Å². The molecule has 108 valence electrons. The molecule has 0 radical (unpaired) electrons. The molecule has 1 amide bonds. The maximum atomic E-state index is 12.6. The fourth-order valence-electron chi connectivity index (χ4n) is 2.73. The molecule has 0 unspecified atom stereocenters. The minimum atomic E-state index is -1.60. The van der Waals surface area contributed by atoms with E-state index in [1.165, 1.54) is 22.3 Å². The molecule has 3 rings (SSSR count). The van der Waals surface area contributed by atoms with Crippen LogP contribution in [0.1, 0.15) is 24.0 Å². The molecule has 0 saturated carbocycles. The molecule has 2 aromatic rings. The fourth-order valence-corrected chi connectivity index (χ4v) is 3.62. The van der Waals surface area contributed by atoms with Crippen molar-refractivity contribution in [3.05, 3.63) is 38.9 Å². The molecular weight excluding hydrogens is 290 g/mol. The van der Waals surface area contributed by atoms with Crippen molar-refractivity contribution in [1.82, 2.24) is 0 Å². The molecule has 1 aliphatic rings. The highest BCUT2D eigenvalue weighted by Gasteiger charge is 2.18. The van der Waals surface area contributed by atoms with E-state index in [1.54, 1.807) is 0 Å². The average Bonchev–Trinajstić information content (AvgIpc) is 2.49. The van der Waals surface area contributed by atoms with Crippen LogP contribution in [-0.2, 0) is 22.4 Å². The molecule has 0 spiro atoms. The van der Waals surface area contributed by atoms with Crippen molar-refractivity contribution in [3.63, 3.8) is 0 Å². The Morgan fingerprint density at radius 2 is 1.95 bits per heavy atom. The first-order chi connectivity index (χ1) is 10.1. The second kappa shape index (κ2) is 5.29. The van der Waals surface area contributed by atoms with Gasteiger partial charge in [0, 0.05) is 15.5 Å². The zero-order chi connectivity index (χ0) is 15.0. The largest absolute Gasteiger partial charge is 0.474 e. The van der Waals surface area contributed by atoms with E-state index >= 15 is 0 Å². The van der Waals surface area contributed by atoms with Crippen molar-refractivity contribution in [3.8, 4) is 0 Å². The molecule has 1 aromatic heterocycles. The molecule has 2 N–H and O–H groups in total. The highest BCUT2D eigenvalue weighted by molar-refractivity contribution is 7.17. The predicted octanol–water partition coefficient (Wildman–Crippen LogP) is 2.16. The Labute approximate surface area is 124 Å². The van der Waals surface area contributed by atoms with Crippen LogP contribution < -0.4 is 10.7 Å². The molecule has 0 saturated heterocycles. The number of carbonyl (C=O) groups excluding carboxylic acids is 1. The first-order valence-corrected chi connectivity index (χ1v) is 7.56. The number of carbonyl (C=O) groups is 2. The summed E-state index contributed by atoms with van der Waals surface area (Å²) in [5.74, 6) is -2.79. The van der Waals surface area contributed by atoms with Crippen LogP contribution >= 0.6 is 11.3 Å². The third-order valence-electron chi connectivity index (χ3n) is 3.71. The van der Waals surface area contributed by atoms with Crippen molar-refractivity contribution >= 4 is 39.0 Å². The van der Waals surface area contributed by atoms with E-state index in [0.717, 1.165) is 35.9 Å². The highest BCUT2D eigenvalue weighted by atomic mass is 32.1.